The SMILES string of the molecule is CCOC(=O)C1C(C)=NC2=C(C(=O)C[C@@H](c3ccc(OC)cc3)C2)[C@H]1c1cccs1. The molecule has 156 valence electrons. The number of thiophene rings is 1. The van der Waals surface area contributed by atoms with Gasteiger partial charge in [-0.15, -0.1) is 11.3 Å². The first-order valence-electron chi connectivity index (χ1n) is 10.2. The van der Waals surface area contributed by atoms with Gasteiger partial charge in [0.2, 0.25) is 0 Å². The zero-order valence-electron chi connectivity index (χ0n) is 17.4. The van der Waals surface area contributed by atoms with Crippen LogP contribution in [-0.2, 0) is 14.3 Å². The van der Waals surface area contributed by atoms with Crippen molar-refractivity contribution in [2.45, 2.75) is 38.5 Å². The number of nitrogens with zero attached hydrogens (tertiary/aromatic N) is 1. The maximum atomic E-state index is 13.4. The Balaban J connectivity index is 1.73. The number of hydrogen-bond acceptors (Lipinski definition) is 6. The molecule has 1 aromatic carbocycles. The molecule has 0 spiro atoms. The van der Waals surface area contributed by atoms with E-state index in [0.717, 1.165) is 21.9 Å². The van der Waals surface area contributed by atoms with Gasteiger partial charge in [0.1, 0.15) is 11.7 Å². The number of rotatable bonds is 5. The molecule has 1 aliphatic carbocycles. The van der Waals surface area contributed by atoms with Crippen molar-refractivity contribution < 1.29 is 19.1 Å². The maximum Gasteiger partial charge on any atom is 0.315 e. The van der Waals surface area contributed by atoms with E-state index in [2.05, 4.69) is 0 Å². The summed E-state index contributed by atoms with van der Waals surface area (Å²) in [5.41, 5.74) is 3.31. The average Bonchev–Trinajstić information content (AvgIpc) is 3.27. The fourth-order valence-corrected chi connectivity index (χ4v) is 5.36. The lowest BCUT2D eigenvalue weighted by molar-refractivity contribution is -0.146. The van der Waals surface area contributed by atoms with E-state index < -0.39 is 5.92 Å². The third-order valence-electron chi connectivity index (χ3n) is 5.87. The first kappa shape index (κ1) is 20.5. The maximum absolute atomic E-state index is 13.4. The predicted molar refractivity (Wildman–Crippen MR) is 117 cm³/mol. The molecular weight excluding hydrogens is 398 g/mol. The van der Waals surface area contributed by atoms with Gasteiger partial charge in [-0.05, 0) is 55.3 Å². The highest BCUT2D eigenvalue weighted by Gasteiger charge is 2.45. The number of hydrogen-bond donors (Lipinski definition) is 0. The standard InChI is InChI=1S/C24H25NO4S/c1-4-29-24(27)21-14(2)25-18-12-16(15-7-9-17(28-3)10-8-15)13-19(26)22(18)23(21)20-6-5-11-30-20/h5-11,16,21,23H,4,12-13H2,1-3H3/t16-,21?,23-/m0/s1. The van der Waals surface area contributed by atoms with Crippen LogP contribution in [0.1, 0.15) is 49.0 Å². The van der Waals surface area contributed by atoms with Crippen LogP contribution < -0.4 is 4.74 Å². The number of carbonyl (C=O) groups is 2. The first-order chi connectivity index (χ1) is 14.5. The van der Waals surface area contributed by atoms with Crippen LogP contribution >= 0.6 is 11.3 Å². The van der Waals surface area contributed by atoms with E-state index >= 15 is 0 Å². The van der Waals surface area contributed by atoms with Gasteiger partial charge >= 0.3 is 5.97 Å². The van der Waals surface area contributed by atoms with Gasteiger partial charge in [-0.3, -0.25) is 14.6 Å². The van der Waals surface area contributed by atoms with Crippen molar-refractivity contribution in [2.24, 2.45) is 10.9 Å². The van der Waals surface area contributed by atoms with Crippen LogP contribution in [0.4, 0.5) is 0 Å². The van der Waals surface area contributed by atoms with Gasteiger partial charge in [0.15, 0.2) is 5.78 Å². The van der Waals surface area contributed by atoms with Gasteiger partial charge in [-0.25, -0.2) is 0 Å². The normalized spacial score (nSPS) is 23.6. The number of benzene rings is 1. The minimum Gasteiger partial charge on any atom is -0.497 e. The number of allylic oxidation sites excluding steroid dienone is 2. The molecule has 0 N–H and O–H groups in total. The fourth-order valence-electron chi connectivity index (χ4n) is 4.48. The second kappa shape index (κ2) is 8.56. The van der Waals surface area contributed by atoms with E-state index in [-0.39, 0.29) is 23.6 Å². The molecule has 5 nitrogen and oxygen atoms in total. The topological polar surface area (TPSA) is 65.0 Å². The smallest absolute Gasteiger partial charge is 0.315 e. The number of Topliss-reactive ketones (excluding diaryl/α,β-unsaturated/α-hetero) is 1. The Kier molecular flexibility index (Phi) is 5.86. The second-order valence-corrected chi connectivity index (χ2v) is 8.62. The molecular formula is C24H25NO4S. The molecule has 2 heterocycles. The molecule has 2 aromatic rings. The fraction of sp³-hybridized carbons (Fsp3) is 0.375. The van der Waals surface area contributed by atoms with Crippen LogP contribution in [0.25, 0.3) is 0 Å². The van der Waals surface area contributed by atoms with Gasteiger partial charge in [0.05, 0.1) is 13.7 Å². The van der Waals surface area contributed by atoms with Crippen molar-refractivity contribution in [3.63, 3.8) is 0 Å². The molecule has 0 saturated heterocycles. The lowest BCUT2D eigenvalue weighted by Gasteiger charge is -2.35. The molecule has 30 heavy (non-hydrogen) atoms. The summed E-state index contributed by atoms with van der Waals surface area (Å²) in [6.45, 7) is 3.97. The van der Waals surface area contributed by atoms with Crippen LogP contribution in [0.2, 0.25) is 0 Å². The Morgan fingerprint density at radius 3 is 2.60 bits per heavy atom. The monoisotopic (exact) mass is 423 g/mol. The summed E-state index contributed by atoms with van der Waals surface area (Å²) in [4.78, 5) is 31.9. The third-order valence-corrected chi connectivity index (χ3v) is 6.82. The van der Waals surface area contributed by atoms with Crippen molar-refractivity contribution in [2.75, 3.05) is 13.7 Å². The lowest BCUT2D eigenvalue weighted by atomic mass is 9.71. The Hall–Kier alpha value is -2.73. The molecule has 0 radical (unpaired) electrons. The van der Waals surface area contributed by atoms with Gasteiger partial charge in [-0.2, -0.15) is 0 Å². The van der Waals surface area contributed by atoms with Crippen molar-refractivity contribution in [3.05, 3.63) is 63.5 Å². The number of ether oxygens (including phenoxy) is 2. The third kappa shape index (κ3) is 3.72. The quantitative estimate of drug-likeness (QED) is 0.642. The largest absolute Gasteiger partial charge is 0.497 e. The number of esters is 1. The Morgan fingerprint density at radius 1 is 1.20 bits per heavy atom. The van der Waals surface area contributed by atoms with E-state index in [1.807, 2.05) is 48.7 Å². The Morgan fingerprint density at radius 2 is 1.97 bits per heavy atom. The molecule has 0 amide bonds. The summed E-state index contributed by atoms with van der Waals surface area (Å²) in [6.07, 6.45) is 1.10. The van der Waals surface area contributed by atoms with Gasteiger partial charge in [-0.1, -0.05) is 18.2 Å². The molecule has 4 rings (SSSR count). The summed E-state index contributed by atoms with van der Waals surface area (Å²) in [5, 5.41) is 1.98. The van der Waals surface area contributed by atoms with Crippen molar-refractivity contribution in [3.8, 4) is 5.75 Å². The van der Waals surface area contributed by atoms with Crippen LogP contribution in [0.15, 0.2) is 58.0 Å². The van der Waals surface area contributed by atoms with Gasteiger partial charge < -0.3 is 9.47 Å². The summed E-state index contributed by atoms with van der Waals surface area (Å²) in [6, 6.07) is 11.8. The highest BCUT2D eigenvalue weighted by atomic mass is 32.1. The zero-order chi connectivity index (χ0) is 21.3. The molecule has 3 atom stereocenters. The number of methoxy groups -OCH3 is 1. The van der Waals surface area contributed by atoms with Crippen molar-refractivity contribution in [1.29, 1.82) is 0 Å². The highest BCUT2D eigenvalue weighted by Crippen LogP contribution is 2.47. The molecule has 1 unspecified atom stereocenters. The summed E-state index contributed by atoms with van der Waals surface area (Å²) >= 11 is 1.57. The van der Waals surface area contributed by atoms with E-state index in [1.54, 1.807) is 25.4 Å². The van der Waals surface area contributed by atoms with E-state index in [9.17, 15) is 9.59 Å². The first-order valence-corrected chi connectivity index (χ1v) is 11.1. The molecule has 0 saturated carbocycles. The molecule has 1 aliphatic heterocycles. The summed E-state index contributed by atoms with van der Waals surface area (Å²) < 4.78 is 10.6. The summed E-state index contributed by atoms with van der Waals surface area (Å²) in [5.74, 6) is -0.247. The summed E-state index contributed by atoms with van der Waals surface area (Å²) in [7, 11) is 1.64. The van der Waals surface area contributed by atoms with Gasteiger partial charge in [0.25, 0.3) is 0 Å². The highest BCUT2D eigenvalue weighted by molar-refractivity contribution is 7.10. The molecule has 0 bridgehead atoms. The molecule has 0 fully saturated rings. The van der Waals surface area contributed by atoms with E-state index in [1.165, 1.54) is 0 Å². The minimum absolute atomic E-state index is 0.0704. The number of aliphatic imine (C=N–C) groups is 1. The van der Waals surface area contributed by atoms with Crippen molar-refractivity contribution in [1.82, 2.24) is 0 Å². The van der Waals surface area contributed by atoms with Crippen LogP contribution in [0.3, 0.4) is 0 Å². The Bertz CT molecular complexity index is 1000. The van der Waals surface area contributed by atoms with Crippen LogP contribution in [0, 0.1) is 5.92 Å². The van der Waals surface area contributed by atoms with Crippen molar-refractivity contribution >= 4 is 28.8 Å². The lowest BCUT2D eigenvalue weighted by Crippen LogP contribution is -2.37. The van der Waals surface area contributed by atoms with Gasteiger partial charge in [0, 0.05) is 34.2 Å². The van der Waals surface area contributed by atoms with Crippen LogP contribution in [0.5, 0.6) is 5.75 Å². The average molecular weight is 424 g/mol. The van der Waals surface area contributed by atoms with E-state index in [4.69, 9.17) is 14.5 Å². The molecule has 2 aliphatic rings. The molecule has 6 heteroatoms. The zero-order valence-corrected chi connectivity index (χ0v) is 18.2. The van der Waals surface area contributed by atoms with Crippen LogP contribution in [-0.4, -0.2) is 31.2 Å². The number of carbonyl (C=O) groups excluding carboxylic acids is 2. The Labute approximate surface area is 180 Å². The second-order valence-electron chi connectivity index (χ2n) is 7.64. The molecule has 1 aromatic heterocycles. The van der Waals surface area contributed by atoms with E-state index in [0.29, 0.717) is 30.7 Å². The predicted octanol–water partition coefficient (Wildman–Crippen LogP) is 4.89. The number of ketones is 1. The minimum atomic E-state index is -0.552.